The van der Waals surface area contributed by atoms with Crippen molar-refractivity contribution in [3.63, 3.8) is 0 Å². The topological polar surface area (TPSA) is 34.5 Å². The number of carbonyl (C=O) groups is 1. The number of fused-ring (bicyclic) bond motifs is 4. The molecule has 4 nitrogen and oxygen atoms in total. The van der Waals surface area contributed by atoms with E-state index in [9.17, 15) is 4.79 Å². The molecular weight excluding hydrogens is 396 g/mol. The number of rotatable bonds is 6. The third kappa shape index (κ3) is 4.00. The fraction of sp³-hybridized carbons (Fsp3) is 0.679. The second kappa shape index (κ2) is 9.21. The first-order valence-electron chi connectivity index (χ1n) is 12.9. The van der Waals surface area contributed by atoms with Crippen molar-refractivity contribution in [2.75, 3.05) is 7.11 Å². The maximum absolute atomic E-state index is 12.0. The Labute approximate surface area is 193 Å². The lowest BCUT2D eigenvalue weighted by molar-refractivity contribution is -0.139. The van der Waals surface area contributed by atoms with Gasteiger partial charge in [-0.15, -0.1) is 0 Å². The zero-order valence-corrected chi connectivity index (χ0v) is 19.8. The molecule has 2 aliphatic heterocycles. The first-order chi connectivity index (χ1) is 15.6. The van der Waals surface area contributed by atoms with Crippen LogP contribution in [-0.2, 0) is 16.0 Å². The molecule has 174 valence electrons. The van der Waals surface area contributed by atoms with E-state index in [2.05, 4.69) is 28.8 Å². The number of nitrogens with zero attached hydrogens (tertiary/aromatic N) is 2. The van der Waals surface area contributed by atoms with Crippen molar-refractivity contribution in [2.24, 2.45) is 11.8 Å². The molecule has 4 unspecified atom stereocenters. The molecule has 4 atom stereocenters. The summed E-state index contributed by atoms with van der Waals surface area (Å²) in [4.78, 5) is 15.0. The van der Waals surface area contributed by atoms with E-state index < -0.39 is 0 Å². The van der Waals surface area contributed by atoms with E-state index in [1.165, 1.54) is 77.7 Å². The number of hydrogen-bond acceptors (Lipinski definition) is 3. The number of carbonyl (C=O) groups excluding carboxylic acids is 1. The molecule has 4 bridgehead atoms. The molecule has 0 spiro atoms. The van der Waals surface area contributed by atoms with Gasteiger partial charge in [0.1, 0.15) is 0 Å². The Kier molecular flexibility index (Phi) is 6.33. The van der Waals surface area contributed by atoms with Crippen LogP contribution in [0.2, 0.25) is 0 Å². The number of hydrogen-bond donors (Lipinski definition) is 0. The van der Waals surface area contributed by atoms with Crippen LogP contribution in [0.5, 0.6) is 0 Å². The molecule has 4 fully saturated rings. The molecule has 2 aliphatic carbocycles. The molecule has 0 aromatic carbocycles. The summed E-state index contributed by atoms with van der Waals surface area (Å²) < 4.78 is 7.36. The Morgan fingerprint density at radius 3 is 2.19 bits per heavy atom. The zero-order valence-electron chi connectivity index (χ0n) is 19.8. The first-order valence-corrected chi connectivity index (χ1v) is 12.9. The minimum atomic E-state index is -0.199. The van der Waals surface area contributed by atoms with Gasteiger partial charge >= 0.3 is 5.97 Å². The second-order valence-corrected chi connectivity index (χ2v) is 10.9. The Morgan fingerprint density at radius 1 is 0.938 bits per heavy atom. The fourth-order valence-electron chi connectivity index (χ4n) is 7.88. The normalized spacial score (nSPS) is 34.7. The van der Waals surface area contributed by atoms with Gasteiger partial charge in [-0.1, -0.05) is 44.9 Å². The van der Waals surface area contributed by atoms with Gasteiger partial charge in [0.2, 0.25) is 0 Å². The lowest BCUT2D eigenvalue weighted by Gasteiger charge is -2.55. The summed E-state index contributed by atoms with van der Waals surface area (Å²) in [5.74, 6) is 1.77. The third-order valence-corrected chi connectivity index (χ3v) is 9.08. The van der Waals surface area contributed by atoms with Crippen LogP contribution in [-0.4, -0.2) is 40.7 Å². The Bertz CT molecular complexity index is 845. The highest BCUT2D eigenvalue weighted by atomic mass is 16.5. The summed E-state index contributed by atoms with van der Waals surface area (Å²) >= 11 is 0. The molecule has 0 N–H and O–H groups in total. The van der Waals surface area contributed by atoms with E-state index >= 15 is 0 Å². The van der Waals surface area contributed by atoms with Gasteiger partial charge < -0.3 is 9.30 Å². The number of methoxy groups -OCH3 is 1. The van der Waals surface area contributed by atoms with E-state index in [4.69, 9.17) is 4.74 Å². The molecule has 0 radical (unpaired) electrons. The van der Waals surface area contributed by atoms with Gasteiger partial charge in [-0.2, -0.15) is 0 Å². The number of piperidine rings is 2. The molecule has 1 aromatic heterocycles. The molecule has 32 heavy (non-hydrogen) atoms. The summed E-state index contributed by atoms with van der Waals surface area (Å²) in [7, 11) is 1.46. The van der Waals surface area contributed by atoms with Crippen LogP contribution >= 0.6 is 0 Å². The zero-order chi connectivity index (χ0) is 22.2. The van der Waals surface area contributed by atoms with Gasteiger partial charge in [0.15, 0.2) is 0 Å². The summed E-state index contributed by atoms with van der Waals surface area (Å²) in [5.41, 5.74) is 3.16. The minimum absolute atomic E-state index is 0.199. The predicted octanol–water partition coefficient (Wildman–Crippen LogP) is 6.02. The van der Waals surface area contributed by atoms with Gasteiger partial charge in [-0.3, -0.25) is 9.69 Å². The molecule has 3 heterocycles. The lowest BCUT2D eigenvalue weighted by Crippen LogP contribution is -2.58. The van der Waals surface area contributed by atoms with Crippen molar-refractivity contribution in [3.8, 4) is 0 Å². The van der Waals surface area contributed by atoms with Crippen LogP contribution in [0.15, 0.2) is 19.4 Å². The first kappa shape index (κ1) is 22.0. The number of aromatic nitrogens is 1. The molecule has 1 aromatic rings. The summed E-state index contributed by atoms with van der Waals surface area (Å²) in [6.07, 6.45) is 21.6. The van der Waals surface area contributed by atoms with Crippen LogP contribution in [0, 0.1) is 11.8 Å². The monoisotopic (exact) mass is 436 g/mol. The van der Waals surface area contributed by atoms with Crippen LogP contribution < -0.4 is 0 Å². The Balaban J connectivity index is 1.39. The van der Waals surface area contributed by atoms with E-state index in [-0.39, 0.29) is 5.97 Å². The largest absolute Gasteiger partial charge is 0.469 e. The van der Waals surface area contributed by atoms with E-state index in [1.54, 1.807) is 0 Å². The molecule has 0 amide bonds. The molecule has 4 heteroatoms. The average Bonchev–Trinajstić information content (AvgIpc) is 3.14. The standard InChI is InChI=1S/C28H40N2O2/c1-4-26-21(15-28(31)32-3)18-29(27(26)5-2)24-16-22-10-7-11-23(17-24)30(22)25-13-19-8-6-9-20(12-19)14-25/h4-5,18-20,22-25H,1-2,6-17H2,3H3. The van der Waals surface area contributed by atoms with Crippen LogP contribution in [0.25, 0.3) is 12.2 Å². The summed E-state index contributed by atoms with van der Waals surface area (Å²) in [5, 5.41) is 0. The van der Waals surface area contributed by atoms with Gasteiger partial charge in [0, 0.05) is 41.6 Å². The third-order valence-electron chi connectivity index (χ3n) is 9.08. The quantitative estimate of drug-likeness (QED) is 0.512. The Morgan fingerprint density at radius 2 is 1.59 bits per heavy atom. The highest BCUT2D eigenvalue weighted by Gasteiger charge is 2.45. The molecule has 5 rings (SSSR count). The molecule has 2 saturated heterocycles. The highest BCUT2D eigenvalue weighted by molar-refractivity contribution is 5.76. The molecule has 2 saturated carbocycles. The van der Waals surface area contributed by atoms with E-state index in [0.29, 0.717) is 24.5 Å². The van der Waals surface area contributed by atoms with Crippen molar-refractivity contribution >= 4 is 18.1 Å². The van der Waals surface area contributed by atoms with Crippen molar-refractivity contribution in [1.29, 1.82) is 0 Å². The van der Waals surface area contributed by atoms with Gasteiger partial charge in [-0.25, -0.2) is 0 Å². The van der Waals surface area contributed by atoms with Crippen molar-refractivity contribution in [2.45, 2.75) is 101 Å². The highest BCUT2D eigenvalue weighted by Crippen LogP contribution is 2.48. The van der Waals surface area contributed by atoms with Crippen molar-refractivity contribution in [3.05, 3.63) is 36.2 Å². The number of esters is 1. The maximum Gasteiger partial charge on any atom is 0.310 e. The van der Waals surface area contributed by atoms with Gasteiger partial charge in [0.25, 0.3) is 0 Å². The van der Waals surface area contributed by atoms with Crippen LogP contribution in [0.3, 0.4) is 0 Å². The molecular formula is C28H40N2O2. The molecule has 4 aliphatic rings. The Hall–Kier alpha value is -1.81. The fourth-order valence-corrected chi connectivity index (χ4v) is 7.88. The summed E-state index contributed by atoms with van der Waals surface area (Å²) in [6.45, 7) is 8.13. The van der Waals surface area contributed by atoms with Gasteiger partial charge in [0.05, 0.1) is 13.5 Å². The summed E-state index contributed by atoms with van der Waals surface area (Å²) in [6, 6.07) is 2.69. The minimum Gasteiger partial charge on any atom is -0.469 e. The van der Waals surface area contributed by atoms with Crippen molar-refractivity contribution < 1.29 is 9.53 Å². The maximum atomic E-state index is 12.0. The lowest BCUT2D eigenvalue weighted by atomic mass is 9.68. The SMILES string of the molecule is C=Cc1c(CC(=O)OC)cn(C2CC3CCCC(C2)N3C2CC3CCCC(C3)C2)c1C=C. The predicted molar refractivity (Wildman–Crippen MR) is 130 cm³/mol. The second-order valence-electron chi connectivity index (χ2n) is 10.9. The van der Waals surface area contributed by atoms with Crippen molar-refractivity contribution in [1.82, 2.24) is 9.47 Å². The van der Waals surface area contributed by atoms with Crippen LogP contribution in [0.1, 0.15) is 93.5 Å². The smallest absolute Gasteiger partial charge is 0.310 e. The number of ether oxygens (including phenoxy) is 1. The average molecular weight is 437 g/mol. The van der Waals surface area contributed by atoms with E-state index in [0.717, 1.165) is 34.7 Å². The van der Waals surface area contributed by atoms with E-state index in [1.807, 2.05) is 12.2 Å². The van der Waals surface area contributed by atoms with Gasteiger partial charge in [-0.05, 0) is 68.4 Å². The van der Waals surface area contributed by atoms with Crippen LogP contribution in [0.4, 0.5) is 0 Å².